The van der Waals surface area contributed by atoms with Crippen LogP contribution in [0.1, 0.15) is 33.6 Å². The Morgan fingerprint density at radius 3 is 2.03 bits per heavy atom. The Morgan fingerprint density at radius 1 is 0.875 bits per heavy atom. The summed E-state index contributed by atoms with van der Waals surface area (Å²) >= 11 is 0. The summed E-state index contributed by atoms with van der Waals surface area (Å²) in [6.07, 6.45) is 5.32. The number of methoxy groups -OCH3 is 2. The molecule has 0 aliphatic carbocycles. The SMILES string of the molecule is COc1cccc(OC)c1C(=O)NC1CCN(C(=O)c2ccc(-n3cccc3)cc2)CC1. The highest BCUT2D eigenvalue weighted by Crippen LogP contribution is 2.28. The lowest BCUT2D eigenvalue weighted by Gasteiger charge is -2.32. The normalized spacial score (nSPS) is 14.1. The van der Waals surface area contributed by atoms with Crippen LogP contribution in [0.5, 0.6) is 11.5 Å². The Morgan fingerprint density at radius 2 is 1.47 bits per heavy atom. The van der Waals surface area contributed by atoms with E-state index in [1.807, 2.05) is 58.3 Å². The van der Waals surface area contributed by atoms with E-state index in [0.717, 1.165) is 5.69 Å². The predicted molar refractivity (Wildman–Crippen MR) is 122 cm³/mol. The number of carbonyl (C=O) groups excluding carboxylic acids is 2. The first-order valence-electron chi connectivity index (χ1n) is 10.6. The number of carbonyl (C=O) groups is 2. The molecule has 0 spiro atoms. The number of aromatic nitrogens is 1. The molecule has 7 nitrogen and oxygen atoms in total. The fourth-order valence-corrected chi connectivity index (χ4v) is 4.02. The molecule has 2 heterocycles. The van der Waals surface area contributed by atoms with Gasteiger partial charge in [0.15, 0.2) is 0 Å². The van der Waals surface area contributed by atoms with Crippen molar-refractivity contribution in [3.05, 3.63) is 78.1 Å². The molecule has 7 heteroatoms. The molecule has 2 aromatic carbocycles. The second kappa shape index (κ2) is 9.60. The van der Waals surface area contributed by atoms with E-state index in [0.29, 0.717) is 48.6 Å². The highest BCUT2D eigenvalue weighted by atomic mass is 16.5. The van der Waals surface area contributed by atoms with Crippen molar-refractivity contribution in [2.75, 3.05) is 27.3 Å². The zero-order chi connectivity index (χ0) is 22.5. The van der Waals surface area contributed by atoms with Crippen LogP contribution in [-0.4, -0.2) is 54.6 Å². The van der Waals surface area contributed by atoms with Crippen molar-refractivity contribution in [3.63, 3.8) is 0 Å². The van der Waals surface area contributed by atoms with Crippen molar-refractivity contribution in [1.29, 1.82) is 0 Å². The van der Waals surface area contributed by atoms with Gasteiger partial charge < -0.3 is 24.3 Å². The number of hydrogen-bond acceptors (Lipinski definition) is 4. The van der Waals surface area contributed by atoms with Crippen LogP contribution >= 0.6 is 0 Å². The van der Waals surface area contributed by atoms with Gasteiger partial charge in [-0.3, -0.25) is 9.59 Å². The molecule has 0 unspecified atom stereocenters. The number of nitrogens with zero attached hydrogens (tertiary/aromatic N) is 2. The maximum absolute atomic E-state index is 12.9. The van der Waals surface area contributed by atoms with Crippen LogP contribution < -0.4 is 14.8 Å². The van der Waals surface area contributed by atoms with Crippen LogP contribution in [0, 0.1) is 0 Å². The molecule has 4 rings (SSSR count). The molecular formula is C25H27N3O4. The van der Waals surface area contributed by atoms with Crippen molar-refractivity contribution in [2.24, 2.45) is 0 Å². The first-order chi connectivity index (χ1) is 15.6. The van der Waals surface area contributed by atoms with E-state index in [9.17, 15) is 9.59 Å². The monoisotopic (exact) mass is 433 g/mol. The van der Waals surface area contributed by atoms with Gasteiger partial charge in [0.25, 0.3) is 11.8 Å². The predicted octanol–water partition coefficient (Wildman–Crippen LogP) is 3.53. The summed E-state index contributed by atoms with van der Waals surface area (Å²) in [5.74, 6) is 0.723. The fourth-order valence-electron chi connectivity index (χ4n) is 4.02. The molecule has 0 radical (unpaired) electrons. The molecule has 0 saturated carbocycles. The van der Waals surface area contributed by atoms with Gasteiger partial charge in [0.05, 0.1) is 14.2 Å². The van der Waals surface area contributed by atoms with E-state index in [4.69, 9.17) is 9.47 Å². The molecule has 1 fully saturated rings. The van der Waals surface area contributed by atoms with Gasteiger partial charge in [-0.05, 0) is 61.4 Å². The van der Waals surface area contributed by atoms with Crippen molar-refractivity contribution in [3.8, 4) is 17.2 Å². The lowest BCUT2D eigenvalue weighted by Crippen LogP contribution is -2.46. The molecule has 1 N–H and O–H groups in total. The quantitative estimate of drug-likeness (QED) is 0.646. The summed E-state index contributed by atoms with van der Waals surface area (Å²) in [7, 11) is 3.06. The third kappa shape index (κ3) is 4.46. The number of rotatable bonds is 6. The summed E-state index contributed by atoms with van der Waals surface area (Å²) in [5.41, 5.74) is 2.07. The van der Waals surface area contributed by atoms with Crippen LogP contribution in [0.15, 0.2) is 67.0 Å². The number of ether oxygens (including phenoxy) is 2. The topological polar surface area (TPSA) is 72.8 Å². The van der Waals surface area contributed by atoms with E-state index in [-0.39, 0.29) is 17.9 Å². The van der Waals surface area contributed by atoms with Crippen molar-refractivity contribution < 1.29 is 19.1 Å². The van der Waals surface area contributed by atoms with Crippen LogP contribution in [0.25, 0.3) is 5.69 Å². The van der Waals surface area contributed by atoms with E-state index in [1.54, 1.807) is 18.2 Å². The number of nitrogens with one attached hydrogen (secondary N) is 1. The highest BCUT2D eigenvalue weighted by Gasteiger charge is 2.27. The average molecular weight is 434 g/mol. The summed E-state index contributed by atoms with van der Waals surface area (Å²) in [6, 6.07) is 16.8. The first-order valence-corrected chi connectivity index (χ1v) is 10.6. The average Bonchev–Trinajstić information content (AvgIpc) is 3.38. The molecule has 0 bridgehead atoms. The second-order valence-corrected chi connectivity index (χ2v) is 7.71. The number of amides is 2. The van der Waals surface area contributed by atoms with Gasteiger partial charge >= 0.3 is 0 Å². The van der Waals surface area contributed by atoms with Crippen LogP contribution in [0.4, 0.5) is 0 Å². The Balaban J connectivity index is 1.35. The van der Waals surface area contributed by atoms with Crippen molar-refractivity contribution >= 4 is 11.8 Å². The Kier molecular flexibility index (Phi) is 6.44. The molecule has 32 heavy (non-hydrogen) atoms. The zero-order valence-electron chi connectivity index (χ0n) is 18.3. The van der Waals surface area contributed by atoms with Gasteiger partial charge in [-0.25, -0.2) is 0 Å². The number of likely N-dealkylation sites (tertiary alicyclic amines) is 1. The van der Waals surface area contributed by atoms with Gasteiger partial charge in [0.1, 0.15) is 17.1 Å². The molecule has 1 aliphatic heterocycles. The summed E-state index contributed by atoms with van der Waals surface area (Å²) in [6.45, 7) is 1.18. The smallest absolute Gasteiger partial charge is 0.259 e. The number of hydrogen-bond donors (Lipinski definition) is 1. The van der Waals surface area contributed by atoms with Gasteiger partial charge in [-0.1, -0.05) is 6.07 Å². The molecule has 2 amide bonds. The van der Waals surface area contributed by atoms with Crippen LogP contribution in [-0.2, 0) is 0 Å². The van der Waals surface area contributed by atoms with Gasteiger partial charge in [-0.15, -0.1) is 0 Å². The summed E-state index contributed by atoms with van der Waals surface area (Å²) < 4.78 is 12.7. The Labute approximate surface area is 187 Å². The molecule has 1 saturated heterocycles. The summed E-state index contributed by atoms with van der Waals surface area (Å²) in [5, 5.41) is 3.07. The van der Waals surface area contributed by atoms with E-state index in [2.05, 4.69) is 5.32 Å². The maximum Gasteiger partial charge on any atom is 0.259 e. The van der Waals surface area contributed by atoms with E-state index in [1.165, 1.54) is 14.2 Å². The second-order valence-electron chi connectivity index (χ2n) is 7.71. The van der Waals surface area contributed by atoms with Crippen LogP contribution in [0.2, 0.25) is 0 Å². The molecule has 1 aromatic heterocycles. The Hall–Kier alpha value is -3.74. The lowest BCUT2D eigenvalue weighted by molar-refractivity contribution is 0.0698. The first kappa shape index (κ1) is 21.5. The molecule has 1 aliphatic rings. The largest absolute Gasteiger partial charge is 0.496 e. The minimum Gasteiger partial charge on any atom is -0.496 e. The van der Waals surface area contributed by atoms with Gasteiger partial charge in [-0.2, -0.15) is 0 Å². The standard InChI is InChI=1S/C25H27N3O4/c1-31-21-6-5-7-22(32-2)23(21)24(29)26-19-12-16-28(17-13-19)25(30)18-8-10-20(11-9-18)27-14-3-4-15-27/h3-11,14-15,19H,12-13,16-17H2,1-2H3,(H,26,29). The third-order valence-corrected chi connectivity index (χ3v) is 5.79. The maximum atomic E-state index is 12.9. The van der Waals surface area contributed by atoms with Gasteiger partial charge in [0.2, 0.25) is 0 Å². The van der Waals surface area contributed by atoms with E-state index >= 15 is 0 Å². The molecule has 166 valence electrons. The zero-order valence-corrected chi connectivity index (χ0v) is 18.3. The lowest BCUT2D eigenvalue weighted by atomic mass is 10.0. The molecular weight excluding hydrogens is 406 g/mol. The number of piperidine rings is 1. The number of benzene rings is 2. The van der Waals surface area contributed by atoms with Crippen LogP contribution in [0.3, 0.4) is 0 Å². The minimum absolute atomic E-state index is 0.0141. The van der Waals surface area contributed by atoms with Crippen molar-refractivity contribution in [1.82, 2.24) is 14.8 Å². The minimum atomic E-state index is -0.232. The highest BCUT2D eigenvalue weighted by molar-refractivity contribution is 6.00. The molecule has 0 atom stereocenters. The van der Waals surface area contributed by atoms with Crippen molar-refractivity contribution in [2.45, 2.75) is 18.9 Å². The fraction of sp³-hybridized carbons (Fsp3) is 0.280. The van der Waals surface area contributed by atoms with Gasteiger partial charge in [0, 0.05) is 42.8 Å². The third-order valence-electron chi connectivity index (χ3n) is 5.79. The Bertz CT molecular complexity index is 1050. The molecule has 3 aromatic rings. The van der Waals surface area contributed by atoms with E-state index < -0.39 is 0 Å². The summed E-state index contributed by atoms with van der Waals surface area (Å²) in [4.78, 5) is 27.6.